The van der Waals surface area contributed by atoms with Crippen molar-refractivity contribution in [2.24, 2.45) is 0 Å². The van der Waals surface area contributed by atoms with Crippen LogP contribution in [0.3, 0.4) is 0 Å². The smallest absolute Gasteiger partial charge is 0.234 e. The van der Waals surface area contributed by atoms with Gasteiger partial charge in [0.15, 0.2) is 0 Å². The highest BCUT2D eigenvalue weighted by molar-refractivity contribution is 7.99. The molecule has 0 bridgehead atoms. The highest BCUT2D eigenvalue weighted by Gasteiger charge is 2.32. The lowest BCUT2D eigenvalue weighted by Crippen LogP contribution is -2.24. The van der Waals surface area contributed by atoms with Crippen LogP contribution >= 0.6 is 11.8 Å². The van der Waals surface area contributed by atoms with Gasteiger partial charge in [-0.25, -0.2) is 0 Å². The molecule has 2 radical (unpaired) electrons. The number of nitrogens with zero attached hydrogens (tertiary/aromatic N) is 4. The number of fused-ring (bicyclic) bond motifs is 7. The molecule has 0 saturated heterocycles. The van der Waals surface area contributed by atoms with Gasteiger partial charge in [0.05, 0.1) is 22.7 Å². The van der Waals surface area contributed by atoms with E-state index in [1.165, 1.54) is 4.73 Å². The molecule has 0 atom stereocenters. The zero-order valence-electron chi connectivity index (χ0n) is 30.2. The molecule has 7 aromatic rings. The van der Waals surface area contributed by atoms with Gasteiger partial charge in [0.25, 0.3) is 0 Å². The summed E-state index contributed by atoms with van der Waals surface area (Å²) in [4.78, 5) is 6.30. The molecule has 1 aliphatic rings. The van der Waals surface area contributed by atoms with Crippen molar-refractivity contribution in [1.82, 2.24) is 4.73 Å². The van der Waals surface area contributed by atoms with Crippen LogP contribution in [0, 0.1) is 18.3 Å². The number of nitriles is 1. The second kappa shape index (κ2) is 16.0. The SMILES string of the molecule is C/C=C\C.CC.[B]N(c1ccccc1)c1c2c(c3c4ccccc4n(O)c3c1C)CN(c1ccc(Sc3ccc(C#N)cc3)cc1)c1ccccc1-2. The summed E-state index contributed by atoms with van der Waals surface area (Å²) in [5.41, 5.74) is 10.3. The second-order valence-corrected chi connectivity index (χ2v) is 13.2. The van der Waals surface area contributed by atoms with Crippen LogP contribution in [0.5, 0.6) is 0 Å². The van der Waals surface area contributed by atoms with E-state index in [-0.39, 0.29) is 0 Å². The zero-order valence-corrected chi connectivity index (χ0v) is 31.0. The number of aromatic nitrogens is 1. The van der Waals surface area contributed by atoms with E-state index in [9.17, 15) is 5.21 Å². The summed E-state index contributed by atoms with van der Waals surface area (Å²) in [5.74, 6) is 0. The van der Waals surface area contributed by atoms with Gasteiger partial charge in [-0.3, -0.25) is 0 Å². The lowest BCUT2D eigenvalue weighted by Gasteiger charge is -2.37. The number of hydrogen-bond donors (Lipinski definition) is 1. The third kappa shape index (κ3) is 6.66. The van der Waals surface area contributed by atoms with Crippen molar-refractivity contribution in [1.29, 1.82) is 5.26 Å². The molecule has 256 valence electrons. The Morgan fingerprint density at radius 2 is 1.38 bits per heavy atom. The van der Waals surface area contributed by atoms with Gasteiger partial charge >= 0.3 is 0 Å². The first-order valence-corrected chi connectivity index (χ1v) is 18.4. The Kier molecular flexibility index (Phi) is 11.1. The summed E-state index contributed by atoms with van der Waals surface area (Å²) < 4.78 is 1.32. The summed E-state index contributed by atoms with van der Waals surface area (Å²) in [7, 11) is 6.99. The Hall–Kier alpha value is -5.84. The standard InChI is InChI=1S/C39H27BN4OS.C4H8.C2H6/c1-25-38(43(40)28-9-3-2-4-10-28)36-31-11-5-7-13-34(31)42(24-33(36)37-32-12-6-8-14-35(32)44(45)39(25)37)27-17-21-30(22-18-27)46-29-19-15-26(23-41)16-20-29;1-3-4-2;1-2/h2-22,45H,24H2,1H3;3-4H,1-2H3;1-2H3/b;4-3-;. The Morgan fingerprint density at radius 1 is 0.788 bits per heavy atom. The molecule has 1 N–H and O–H groups in total. The number of hydrogen-bond acceptors (Lipinski definition) is 5. The fourth-order valence-electron chi connectivity index (χ4n) is 6.73. The molecular weight excluding hydrogens is 655 g/mol. The number of allylic oxidation sites excluding steroid dienone is 2. The third-order valence-electron chi connectivity index (χ3n) is 9.16. The topological polar surface area (TPSA) is 55.4 Å². The van der Waals surface area contributed by atoms with Crippen LogP contribution in [-0.2, 0) is 6.54 Å². The first-order chi connectivity index (χ1) is 25.4. The van der Waals surface area contributed by atoms with Crippen LogP contribution in [0.2, 0.25) is 0 Å². The van der Waals surface area contributed by atoms with E-state index in [4.69, 9.17) is 13.2 Å². The maximum Gasteiger partial charge on any atom is 0.234 e. The molecule has 5 nitrogen and oxygen atoms in total. The van der Waals surface area contributed by atoms with Gasteiger partial charge in [0, 0.05) is 61.0 Å². The van der Waals surface area contributed by atoms with E-state index in [1.807, 2.05) is 120 Å². The van der Waals surface area contributed by atoms with Gasteiger partial charge in [0.2, 0.25) is 7.98 Å². The van der Waals surface area contributed by atoms with Crippen LogP contribution in [0.25, 0.3) is 32.9 Å². The van der Waals surface area contributed by atoms with Gasteiger partial charge in [-0.05, 0) is 105 Å². The molecule has 52 heavy (non-hydrogen) atoms. The summed E-state index contributed by atoms with van der Waals surface area (Å²) >= 11 is 1.67. The van der Waals surface area contributed by atoms with Crippen molar-refractivity contribution < 1.29 is 5.21 Å². The summed E-state index contributed by atoms with van der Waals surface area (Å²) in [6.45, 7) is 10.6. The number of para-hydroxylation sites is 3. The zero-order chi connectivity index (χ0) is 36.8. The van der Waals surface area contributed by atoms with E-state index in [0.717, 1.165) is 76.6 Å². The van der Waals surface area contributed by atoms with Gasteiger partial charge in [-0.2, -0.15) is 9.99 Å². The molecule has 6 aromatic carbocycles. The van der Waals surface area contributed by atoms with Crippen molar-refractivity contribution >= 4 is 64.3 Å². The Morgan fingerprint density at radius 3 is 2.04 bits per heavy atom. The number of rotatable bonds is 5. The van der Waals surface area contributed by atoms with Crippen LogP contribution < -0.4 is 9.71 Å². The molecule has 0 saturated carbocycles. The summed E-state index contributed by atoms with van der Waals surface area (Å²) in [5, 5.41) is 22.8. The first kappa shape index (κ1) is 36.0. The molecule has 0 spiro atoms. The van der Waals surface area contributed by atoms with Crippen LogP contribution in [0.15, 0.2) is 149 Å². The molecule has 1 aromatic heterocycles. The number of benzene rings is 6. The largest absolute Gasteiger partial charge is 0.428 e. The van der Waals surface area contributed by atoms with Crippen molar-refractivity contribution in [3.63, 3.8) is 0 Å². The lowest BCUT2D eigenvalue weighted by atomic mass is 9.85. The van der Waals surface area contributed by atoms with E-state index in [0.29, 0.717) is 12.1 Å². The Bertz CT molecular complexity index is 2390. The summed E-state index contributed by atoms with van der Waals surface area (Å²) in [6, 6.07) is 44.9. The third-order valence-corrected chi connectivity index (χ3v) is 10.2. The van der Waals surface area contributed by atoms with Crippen LogP contribution in [0.1, 0.15) is 44.4 Å². The molecule has 7 heteroatoms. The predicted octanol–water partition coefficient (Wildman–Crippen LogP) is 12.5. The van der Waals surface area contributed by atoms with Crippen molar-refractivity contribution in [3.05, 3.63) is 156 Å². The number of anilines is 4. The lowest BCUT2D eigenvalue weighted by molar-refractivity contribution is 0.212. The van der Waals surface area contributed by atoms with E-state index >= 15 is 0 Å². The molecule has 0 fully saturated rings. The average molecular weight is 697 g/mol. The maximum atomic E-state index is 11.6. The van der Waals surface area contributed by atoms with Gasteiger partial charge in [-0.15, -0.1) is 0 Å². The quantitative estimate of drug-likeness (QED) is 0.110. The highest BCUT2D eigenvalue weighted by Crippen LogP contribution is 2.53. The molecule has 0 amide bonds. The second-order valence-electron chi connectivity index (χ2n) is 12.1. The fourth-order valence-corrected chi connectivity index (χ4v) is 7.55. The maximum absolute atomic E-state index is 11.6. The van der Waals surface area contributed by atoms with Crippen molar-refractivity contribution in [2.45, 2.75) is 51.0 Å². The molecule has 8 rings (SSSR count). The van der Waals surface area contributed by atoms with Gasteiger partial charge < -0.3 is 14.9 Å². The Balaban J connectivity index is 0.000000726. The average Bonchev–Trinajstić information content (AvgIpc) is 3.52. The predicted molar refractivity (Wildman–Crippen MR) is 221 cm³/mol. The first-order valence-electron chi connectivity index (χ1n) is 17.5. The Labute approximate surface area is 312 Å². The minimum absolute atomic E-state index is 0.592. The normalized spacial score (nSPS) is 11.6. The monoisotopic (exact) mass is 696 g/mol. The fraction of sp³-hybridized carbons (Fsp3) is 0.133. The van der Waals surface area contributed by atoms with Gasteiger partial charge in [-0.1, -0.05) is 92.4 Å². The minimum Gasteiger partial charge on any atom is -0.428 e. The van der Waals surface area contributed by atoms with Crippen molar-refractivity contribution in [3.8, 4) is 17.2 Å². The molecule has 0 aliphatic carbocycles. The molecular formula is C45H41BN4OS. The summed E-state index contributed by atoms with van der Waals surface area (Å²) in [6.07, 6.45) is 4.00. The highest BCUT2D eigenvalue weighted by atomic mass is 32.2. The van der Waals surface area contributed by atoms with E-state index in [2.05, 4.69) is 65.6 Å². The van der Waals surface area contributed by atoms with Crippen molar-refractivity contribution in [2.75, 3.05) is 9.71 Å². The molecule has 0 unspecified atom stereocenters. The molecule has 1 aliphatic heterocycles. The number of aryl methyl sites for hydroxylation is 1. The van der Waals surface area contributed by atoms with Crippen LogP contribution in [-0.4, -0.2) is 17.9 Å². The van der Waals surface area contributed by atoms with E-state index < -0.39 is 0 Å². The van der Waals surface area contributed by atoms with Crippen LogP contribution in [0.4, 0.5) is 22.7 Å². The molecule has 2 heterocycles. The minimum atomic E-state index is 0.592. The van der Waals surface area contributed by atoms with Gasteiger partial charge in [0.1, 0.15) is 0 Å². The van der Waals surface area contributed by atoms with E-state index in [1.54, 1.807) is 16.6 Å².